The van der Waals surface area contributed by atoms with E-state index in [0.29, 0.717) is 0 Å². The number of ether oxygens (including phenoxy) is 1. The molecule has 0 aromatic heterocycles. The van der Waals surface area contributed by atoms with Crippen molar-refractivity contribution in [3.63, 3.8) is 0 Å². The van der Waals surface area contributed by atoms with Gasteiger partial charge in [0.25, 0.3) is 5.69 Å². The molecule has 0 spiro atoms. The summed E-state index contributed by atoms with van der Waals surface area (Å²) in [6.07, 6.45) is -0.643. The van der Waals surface area contributed by atoms with E-state index in [1.807, 2.05) is 36.4 Å². The van der Waals surface area contributed by atoms with Gasteiger partial charge in [-0.15, -0.1) is 0 Å². The van der Waals surface area contributed by atoms with Crippen LogP contribution in [0.5, 0.6) is 0 Å². The number of benzene rings is 3. The zero-order valence-electron chi connectivity index (χ0n) is 16.3. The van der Waals surface area contributed by atoms with E-state index in [4.69, 9.17) is 4.74 Å². The Bertz CT molecular complexity index is 1180. The Hall–Kier alpha value is -4.18. The van der Waals surface area contributed by atoms with E-state index < -0.39 is 16.8 Å². The Morgan fingerprint density at radius 3 is 2.35 bits per heavy atom. The maximum atomic E-state index is 13.7. The van der Waals surface area contributed by atoms with Gasteiger partial charge in [-0.1, -0.05) is 60.4 Å². The smallest absolute Gasteiger partial charge is 0.407 e. The molecule has 0 fully saturated rings. The first-order valence-electron chi connectivity index (χ1n) is 9.56. The van der Waals surface area contributed by atoms with Crippen molar-refractivity contribution in [3.8, 4) is 23.0 Å². The first kappa shape index (κ1) is 20.1. The molecule has 6 nitrogen and oxygen atoms in total. The van der Waals surface area contributed by atoms with Gasteiger partial charge in [0.05, 0.1) is 17.0 Å². The molecule has 0 unspecified atom stereocenters. The van der Waals surface area contributed by atoms with Gasteiger partial charge in [-0.3, -0.25) is 10.1 Å². The number of rotatable bonds is 4. The number of nitrogens with one attached hydrogen (secondary N) is 1. The molecule has 0 saturated heterocycles. The van der Waals surface area contributed by atoms with Gasteiger partial charge in [-0.2, -0.15) is 0 Å². The maximum Gasteiger partial charge on any atom is 0.407 e. The summed E-state index contributed by atoms with van der Waals surface area (Å²) in [6.45, 7) is 0.0889. The normalized spacial score (nSPS) is 11.6. The molecule has 31 heavy (non-hydrogen) atoms. The minimum absolute atomic E-state index is 0.0526. The molecule has 0 bridgehead atoms. The highest BCUT2D eigenvalue weighted by molar-refractivity contribution is 5.79. The van der Waals surface area contributed by atoms with Gasteiger partial charge in [0.1, 0.15) is 12.4 Å². The van der Waals surface area contributed by atoms with Crippen LogP contribution in [0.3, 0.4) is 0 Å². The highest BCUT2D eigenvalue weighted by atomic mass is 19.1. The molecule has 1 amide bonds. The number of hydrogen-bond acceptors (Lipinski definition) is 4. The number of non-ortho nitro benzene ring substituents is 1. The summed E-state index contributed by atoms with van der Waals surface area (Å²) in [6, 6.07) is 19.1. The van der Waals surface area contributed by atoms with Crippen molar-refractivity contribution in [2.75, 3.05) is 13.2 Å². The lowest BCUT2D eigenvalue weighted by Crippen LogP contribution is -2.26. The van der Waals surface area contributed by atoms with Crippen LogP contribution in [0.4, 0.5) is 14.9 Å². The van der Waals surface area contributed by atoms with Crippen LogP contribution in [0.1, 0.15) is 22.6 Å². The van der Waals surface area contributed by atoms with Crippen LogP contribution in [-0.4, -0.2) is 24.2 Å². The van der Waals surface area contributed by atoms with Gasteiger partial charge >= 0.3 is 6.09 Å². The molecule has 1 N–H and O–H groups in total. The largest absolute Gasteiger partial charge is 0.449 e. The fourth-order valence-corrected chi connectivity index (χ4v) is 3.63. The summed E-state index contributed by atoms with van der Waals surface area (Å²) in [4.78, 5) is 22.2. The highest BCUT2D eigenvalue weighted by Gasteiger charge is 2.28. The molecule has 3 aromatic carbocycles. The second-order valence-electron chi connectivity index (χ2n) is 6.90. The van der Waals surface area contributed by atoms with E-state index in [1.54, 1.807) is 0 Å². The molecule has 154 valence electrons. The second kappa shape index (κ2) is 8.67. The predicted octanol–water partition coefficient (Wildman–Crippen LogP) is 4.62. The number of halogens is 1. The average molecular weight is 416 g/mol. The highest BCUT2D eigenvalue weighted by Crippen LogP contribution is 2.44. The van der Waals surface area contributed by atoms with Crippen molar-refractivity contribution in [2.24, 2.45) is 0 Å². The molecule has 0 atom stereocenters. The van der Waals surface area contributed by atoms with Crippen LogP contribution < -0.4 is 5.32 Å². The van der Waals surface area contributed by atoms with Gasteiger partial charge in [0, 0.05) is 18.1 Å². The van der Waals surface area contributed by atoms with Crippen molar-refractivity contribution in [3.05, 3.63) is 99.4 Å². The van der Waals surface area contributed by atoms with Crippen LogP contribution in [0.15, 0.2) is 66.7 Å². The number of nitrogens with zero attached hydrogens (tertiary/aromatic N) is 1. The Balaban J connectivity index is 1.36. The van der Waals surface area contributed by atoms with Gasteiger partial charge in [-0.05, 0) is 28.3 Å². The summed E-state index contributed by atoms with van der Waals surface area (Å²) in [7, 11) is 0. The summed E-state index contributed by atoms with van der Waals surface area (Å²) < 4.78 is 19.1. The number of carbonyl (C=O) groups is 1. The van der Waals surface area contributed by atoms with Crippen LogP contribution in [0.2, 0.25) is 0 Å². The van der Waals surface area contributed by atoms with Gasteiger partial charge in [-0.25, -0.2) is 9.18 Å². The Kier molecular flexibility index (Phi) is 5.63. The third kappa shape index (κ3) is 4.23. The first-order chi connectivity index (χ1) is 15.0. The Labute approximate surface area is 177 Å². The third-order valence-corrected chi connectivity index (χ3v) is 5.05. The number of nitro groups is 1. The zero-order chi connectivity index (χ0) is 21.8. The number of nitro benzene ring substituents is 1. The topological polar surface area (TPSA) is 81.5 Å². The van der Waals surface area contributed by atoms with Crippen LogP contribution in [-0.2, 0) is 4.74 Å². The van der Waals surface area contributed by atoms with E-state index in [2.05, 4.69) is 29.3 Å². The van der Waals surface area contributed by atoms with E-state index in [-0.39, 0.29) is 30.3 Å². The quantitative estimate of drug-likeness (QED) is 0.382. The predicted molar refractivity (Wildman–Crippen MR) is 113 cm³/mol. The molecular weight excluding hydrogens is 399 g/mol. The summed E-state index contributed by atoms with van der Waals surface area (Å²) in [5.74, 6) is 4.34. The Morgan fingerprint density at radius 2 is 1.71 bits per heavy atom. The molecule has 1 aliphatic carbocycles. The van der Waals surface area contributed by atoms with Gasteiger partial charge < -0.3 is 10.1 Å². The summed E-state index contributed by atoms with van der Waals surface area (Å²) in [5, 5.41) is 13.3. The molecule has 0 saturated carbocycles. The number of carbonyl (C=O) groups excluding carboxylic acids is 1. The van der Waals surface area contributed by atoms with E-state index in [1.165, 1.54) is 0 Å². The van der Waals surface area contributed by atoms with Crippen molar-refractivity contribution < 1.29 is 18.8 Å². The molecule has 0 aliphatic heterocycles. The number of hydrogen-bond donors (Lipinski definition) is 1. The lowest BCUT2D eigenvalue weighted by molar-refractivity contribution is -0.384. The zero-order valence-corrected chi connectivity index (χ0v) is 16.3. The van der Waals surface area contributed by atoms with Crippen LogP contribution in [0.25, 0.3) is 11.1 Å². The monoisotopic (exact) mass is 416 g/mol. The first-order valence-corrected chi connectivity index (χ1v) is 9.56. The fraction of sp³-hybridized carbons (Fsp3) is 0.125. The van der Waals surface area contributed by atoms with Crippen molar-refractivity contribution >= 4 is 11.8 Å². The molecule has 0 heterocycles. The minimum Gasteiger partial charge on any atom is -0.449 e. The second-order valence-corrected chi connectivity index (χ2v) is 6.90. The molecular formula is C24H17FN2O4. The van der Waals surface area contributed by atoms with Crippen molar-refractivity contribution in [1.82, 2.24) is 5.32 Å². The molecule has 1 aliphatic rings. The van der Waals surface area contributed by atoms with Crippen LogP contribution >= 0.6 is 0 Å². The van der Waals surface area contributed by atoms with Crippen molar-refractivity contribution in [2.45, 2.75) is 5.92 Å². The van der Waals surface area contributed by atoms with E-state index in [0.717, 1.165) is 40.5 Å². The Morgan fingerprint density at radius 1 is 1.06 bits per heavy atom. The number of amides is 1. The maximum absolute atomic E-state index is 13.7. The van der Waals surface area contributed by atoms with Gasteiger partial charge in [0.15, 0.2) is 0 Å². The lowest BCUT2D eigenvalue weighted by atomic mass is 9.98. The van der Waals surface area contributed by atoms with Crippen LogP contribution in [0, 0.1) is 27.8 Å². The fourth-order valence-electron chi connectivity index (χ4n) is 3.63. The lowest BCUT2D eigenvalue weighted by Gasteiger charge is -2.14. The van der Waals surface area contributed by atoms with Crippen molar-refractivity contribution in [1.29, 1.82) is 0 Å². The molecule has 4 rings (SSSR count). The number of fused-ring (bicyclic) bond motifs is 3. The molecule has 0 radical (unpaired) electrons. The van der Waals surface area contributed by atoms with E-state index in [9.17, 15) is 19.3 Å². The molecule has 3 aromatic rings. The third-order valence-electron chi connectivity index (χ3n) is 5.05. The van der Waals surface area contributed by atoms with E-state index >= 15 is 0 Å². The number of alkyl carbamates (subject to hydrolysis) is 1. The van der Waals surface area contributed by atoms with Gasteiger partial charge in [0.2, 0.25) is 0 Å². The average Bonchev–Trinajstić information content (AvgIpc) is 3.10. The molecule has 7 heteroatoms. The summed E-state index contributed by atoms with van der Waals surface area (Å²) >= 11 is 0. The SMILES string of the molecule is O=C(NCC#Cc1cc([N+](=O)[O-])ccc1F)OCC1c2ccccc2-c2ccccc21. The standard InChI is InChI=1S/C24H17FN2O4/c25-23-12-11-17(27(29)30)14-16(23)6-5-13-26-24(28)31-15-22-20-9-3-1-7-18(20)19-8-2-4-10-21(19)22/h1-4,7-12,14,22H,13,15H2,(H,26,28). The summed E-state index contributed by atoms with van der Waals surface area (Å²) in [5.41, 5.74) is 4.13. The minimum atomic E-state index is -0.667.